The van der Waals surface area contributed by atoms with Gasteiger partial charge in [-0.15, -0.1) is 0 Å². The first-order valence-electron chi connectivity index (χ1n) is 5.73. The van der Waals surface area contributed by atoms with Gasteiger partial charge in [0.25, 0.3) is 0 Å². The molecule has 0 saturated heterocycles. The summed E-state index contributed by atoms with van der Waals surface area (Å²) in [7, 11) is 0. The quantitative estimate of drug-likeness (QED) is 0.751. The Labute approximate surface area is 103 Å². The second kappa shape index (κ2) is 6.89. The Bertz CT molecular complexity index is 315. The summed E-state index contributed by atoms with van der Waals surface area (Å²) in [4.78, 5) is 0. The van der Waals surface area contributed by atoms with Crippen molar-refractivity contribution >= 4 is 11.6 Å². The van der Waals surface area contributed by atoms with Crippen molar-refractivity contribution in [3.8, 4) is 0 Å². The first kappa shape index (κ1) is 13.5. The van der Waals surface area contributed by atoms with Gasteiger partial charge in [0.2, 0.25) is 0 Å². The fourth-order valence-corrected chi connectivity index (χ4v) is 1.68. The molecule has 0 heterocycles. The van der Waals surface area contributed by atoms with Gasteiger partial charge < -0.3 is 10.4 Å². The predicted molar refractivity (Wildman–Crippen MR) is 68.6 cm³/mol. The number of rotatable bonds is 6. The third-order valence-corrected chi connectivity index (χ3v) is 2.84. The Hall–Kier alpha value is -0.570. The maximum Gasteiger partial charge on any atom is 0.0575 e. The molecule has 1 aromatic rings. The number of hydrogen-bond donors (Lipinski definition) is 2. The monoisotopic (exact) mass is 241 g/mol. The lowest BCUT2D eigenvalue weighted by Crippen LogP contribution is -2.23. The van der Waals surface area contributed by atoms with E-state index in [1.165, 1.54) is 5.56 Å². The molecule has 0 amide bonds. The molecule has 0 aliphatic carbocycles. The lowest BCUT2D eigenvalue weighted by atomic mass is 10.0. The average Bonchev–Trinajstić information content (AvgIpc) is 2.24. The van der Waals surface area contributed by atoms with Crippen LogP contribution in [-0.4, -0.2) is 17.8 Å². The molecule has 0 aliphatic heterocycles. The molecule has 16 heavy (non-hydrogen) atoms. The highest BCUT2D eigenvalue weighted by atomic mass is 35.5. The van der Waals surface area contributed by atoms with Crippen molar-refractivity contribution in [1.29, 1.82) is 0 Å². The molecule has 0 aliphatic rings. The Balaban J connectivity index is 2.21. The topological polar surface area (TPSA) is 32.3 Å². The number of aliphatic hydroxyl groups is 1. The lowest BCUT2D eigenvalue weighted by Gasteiger charge is -2.14. The molecule has 0 bridgehead atoms. The molecule has 1 atom stereocenters. The van der Waals surface area contributed by atoms with E-state index in [0.717, 1.165) is 24.5 Å². The molecular formula is C13H20ClNO. The summed E-state index contributed by atoms with van der Waals surface area (Å²) < 4.78 is 0. The molecule has 1 rings (SSSR count). The van der Waals surface area contributed by atoms with Crippen LogP contribution < -0.4 is 5.32 Å². The van der Waals surface area contributed by atoms with Gasteiger partial charge in [0.1, 0.15) is 0 Å². The summed E-state index contributed by atoms with van der Waals surface area (Å²) in [5.41, 5.74) is 1.17. The highest BCUT2D eigenvalue weighted by Gasteiger charge is 2.07. The van der Waals surface area contributed by atoms with Crippen molar-refractivity contribution in [2.45, 2.75) is 32.9 Å². The SMILES string of the molecule is CC(C)C(O)CCNCc1cccc(Cl)c1. The Morgan fingerprint density at radius 3 is 2.75 bits per heavy atom. The van der Waals surface area contributed by atoms with Gasteiger partial charge in [-0.25, -0.2) is 0 Å². The van der Waals surface area contributed by atoms with Crippen molar-refractivity contribution in [2.75, 3.05) is 6.54 Å². The van der Waals surface area contributed by atoms with E-state index in [4.69, 9.17) is 11.6 Å². The first-order chi connectivity index (χ1) is 7.59. The van der Waals surface area contributed by atoms with E-state index >= 15 is 0 Å². The number of nitrogens with one attached hydrogen (secondary N) is 1. The molecular weight excluding hydrogens is 222 g/mol. The van der Waals surface area contributed by atoms with Gasteiger partial charge in [0.15, 0.2) is 0 Å². The number of hydrogen-bond acceptors (Lipinski definition) is 2. The second-order valence-electron chi connectivity index (χ2n) is 4.41. The average molecular weight is 242 g/mol. The summed E-state index contributed by atoms with van der Waals surface area (Å²) in [6.07, 6.45) is 0.574. The fraction of sp³-hybridized carbons (Fsp3) is 0.538. The lowest BCUT2D eigenvalue weighted by molar-refractivity contribution is 0.116. The van der Waals surface area contributed by atoms with Gasteiger partial charge in [-0.1, -0.05) is 37.6 Å². The van der Waals surface area contributed by atoms with Gasteiger partial charge in [0, 0.05) is 11.6 Å². The normalized spacial score (nSPS) is 13.1. The minimum atomic E-state index is -0.216. The van der Waals surface area contributed by atoms with Gasteiger partial charge in [-0.05, 0) is 36.6 Å². The van der Waals surface area contributed by atoms with Crippen LogP contribution >= 0.6 is 11.6 Å². The number of benzene rings is 1. The third kappa shape index (κ3) is 4.97. The number of halogens is 1. The highest BCUT2D eigenvalue weighted by molar-refractivity contribution is 6.30. The summed E-state index contributed by atoms with van der Waals surface area (Å²) in [5, 5.41) is 13.7. The first-order valence-corrected chi connectivity index (χ1v) is 6.10. The van der Waals surface area contributed by atoms with Crippen molar-refractivity contribution < 1.29 is 5.11 Å². The maximum atomic E-state index is 9.61. The summed E-state index contributed by atoms with van der Waals surface area (Å²) in [5.74, 6) is 0.327. The Morgan fingerprint density at radius 1 is 1.38 bits per heavy atom. The zero-order valence-corrected chi connectivity index (χ0v) is 10.7. The van der Waals surface area contributed by atoms with E-state index in [-0.39, 0.29) is 6.10 Å². The standard InChI is InChI=1S/C13H20ClNO/c1-10(2)13(16)6-7-15-9-11-4-3-5-12(14)8-11/h3-5,8,10,13,15-16H,6-7,9H2,1-2H3. The Morgan fingerprint density at radius 2 is 2.12 bits per heavy atom. The van der Waals surface area contributed by atoms with Crippen LogP contribution in [0.4, 0.5) is 0 Å². The van der Waals surface area contributed by atoms with E-state index in [0.29, 0.717) is 5.92 Å². The van der Waals surface area contributed by atoms with E-state index in [1.54, 1.807) is 0 Å². The van der Waals surface area contributed by atoms with Crippen LogP contribution in [0.1, 0.15) is 25.8 Å². The predicted octanol–water partition coefficient (Wildman–Crippen LogP) is 2.84. The van der Waals surface area contributed by atoms with Crippen LogP contribution in [0.15, 0.2) is 24.3 Å². The molecule has 2 N–H and O–H groups in total. The van der Waals surface area contributed by atoms with Crippen molar-refractivity contribution in [3.63, 3.8) is 0 Å². The highest BCUT2D eigenvalue weighted by Crippen LogP contribution is 2.10. The van der Waals surface area contributed by atoms with Crippen LogP contribution in [0.5, 0.6) is 0 Å². The van der Waals surface area contributed by atoms with Crippen molar-refractivity contribution in [1.82, 2.24) is 5.32 Å². The minimum absolute atomic E-state index is 0.216. The maximum absolute atomic E-state index is 9.61. The van der Waals surface area contributed by atoms with Crippen molar-refractivity contribution in [3.05, 3.63) is 34.9 Å². The molecule has 0 radical (unpaired) electrons. The van der Waals surface area contributed by atoms with Gasteiger partial charge in [-0.2, -0.15) is 0 Å². The van der Waals surface area contributed by atoms with Gasteiger partial charge in [-0.3, -0.25) is 0 Å². The van der Waals surface area contributed by atoms with Crippen LogP contribution in [-0.2, 0) is 6.54 Å². The van der Waals surface area contributed by atoms with Crippen molar-refractivity contribution in [2.24, 2.45) is 5.92 Å². The Kier molecular flexibility index (Phi) is 5.81. The molecule has 90 valence electrons. The van der Waals surface area contributed by atoms with Crippen LogP contribution in [0.2, 0.25) is 5.02 Å². The molecule has 0 spiro atoms. The molecule has 0 aromatic heterocycles. The molecule has 1 unspecified atom stereocenters. The second-order valence-corrected chi connectivity index (χ2v) is 4.84. The zero-order valence-electron chi connectivity index (χ0n) is 9.91. The zero-order chi connectivity index (χ0) is 12.0. The van der Waals surface area contributed by atoms with E-state index in [2.05, 4.69) is 5.32 Å². The molecule has 0 saturated carbocycles. The summed E-state index contributed by atoms with van der Waals surface area (Å²) >= 11 is 5.88. The molecule has 2 nitrogen and oxygen atoms in total. The van der Waals surface area contributed by atoms with E-state index in [1.807, 2.05) is 38.1 Å². The molecule has 1 aromatic carbocycles. The van der Waals surface area contributed by atoms with Crippen LogP contribution in [0.25, 0.3) is 0 Å². The molecule has 3 heteroatoms. The van der Waals surface area contributed by atoms with Crippen LogP contribution in [0.3, 0.4) is 0 Å². The van der Waals surface area contributed by atoms with Crippen LogP contribution in [0, 0.1) is 5.92 Å². The minimum Gasteiger partial charge on any atom is -0.393 e. The van der Waals surface area contributed by atoms with E-state index < -0.39 is 0 Å². The third-order valence-electron chi connectivity index (χ3n) is 2.60. The summed E-state index contributed by atoms with van der Waals surface area (Å²) in [6.45, 7) is 5.68. The number of aliphatic hydroxyl groups excluding tert-OH is 1. The smallest absolute Gasteiger partial charge is 0.0575 e. The summed E-state index contributed by atoms with van der Waals surface area (Å²) in [6, 6.07) is 7.81. The fourth-order valence-electron chi connectivity index (χ4n) is 1.46. The van der Waals surface area contributed by atoms with Gasteiger partial charge in [0.05, 0.1) is 6.10 Å². The van der Waals surface area contributed by atoms with Gasteiger partial charge >= 0.3 is 0 Å². The largest absolute Gasteiger partial charge is 0.393 e. The molecule has 0 fully saturated rings. The van der Waals surface area contributed by atoms with E-state index in [9.17, 15) is 5.11 Å².